The maximum absolute atomic E-state index is 8.28. The number of nitrogens with zero attached hydrogens (tertiary/aromatic N) is 7. The average molecular weight is 928 g/mol. The van der Waals surface area contributed by atoms with Crippen molar-refractivity contribution in [2.75, 3.05) is 34.0 Å². The van der Waals surface area contributed by atoms with Crippen LogP contribution in [-0.2, 0) is 21.1 Å². The Labute approximate surface area is 355 Å². The van der Waals surface area contributed by atoms with Crippen LogP contribution in [0, 0.1) is 26.3 Å². The molecule has 8 rings (SSSR count). The Balaban J connectivity index is 0.000000385. The summed E-state index contributed by atoms with van der Waals surface area (Å²) in [4.78, 5) is 21.5. The van der Waals surface area contributed by atoms with Crippen LogP contribution in [0.2, 0.25) is 0 Å². The van der Waals surface area contributed by atoms with Gasteiger partial charge in [0.05, 0.1) is 5.69 Å². The van der Waals surface area contributed by atoms with E-state index in [4.69, 9.17) is 8.22 Å². The third-order valence-electron chi connectivity index (χ3n) is 9.84. The van der Waals surface area contributed by atoms with E-state index in [1.54, 1.807) is 60.9 Å². The normalized spacial score (nSPS) is 14.3. The Kier molecular flexibility index (Phi) is 10.2. The number of rotatable bonds is 9. The zero-order chi connectivity index (χ0) is 43.8. The number of aromatic nitrogens is 4. The van der Waals surface area contributed by atoms with Gasteiger partial charge in [0.15, 0.2) is 0 Å². The standard InChI is InChI=1S/C36H43N6.C11H7N2.Pt/c1-23(2)27-18-31(24(3)4)35(32(19-27)25(5)6)28-16-29(39-21-40(8)33-12-10-14-37-26(33)7)20-30(17-28)42-22-41(9)34-13-11-15-38-36(34)42;1-2-4-10-8(3-1)9-5-6-12-7-11(9)13-10;/h10-19,21-25,39H,1-9H3;1-7H;/q-3;-1;+4/i8D3,9D3;;. The van der Waals surface area contributed by atoms with Crippen LogP contribution >= 0.6 is 0 Å². The van der Waals surface area contributed by atoms with Crippen molar-refractivity contribution in [3.05, 3.63) is 145 Å². The van der Waals surface area contributed by atoms with Crippen LogP contribution < -0.4 is 25.0 Å². The fraction of sp³-hybridized carbons (Fsp3) is 0.255. The summed E-state index contributed by atoms with van der Waals surface area (Å²) in [5, 5.41) is 5.61. The van der Waals surface area contributed by atoms with E-state index in [-0.39, 0.29) is 32.9 Å². The molecular weight excluding hydrogens is 872 g/mol. The summed E-state index contributed by atoms with van der Waals surface area (Å²) in [7, 11) is 0. The molecule has 0 spiro atoms. The molecule has 3 aromatic carbocycles. The van der Waals surface area contributed by atoms with E-state index in [1.807, 2.05) is 36.4 Å². The number of hydrogen-bond acceptors (Lipinski definition) is 7. The minimum absolute atomic E-state index is 0. The number of anilines is 5. The Bertz CT molecular complexity index is 2580. The largest absolute Gasteiger partial charge is 4.00 e. The molecular formula is C47H50N8Pt. The van der Waals surface area contributed by atoms with Crippen molar-refractivity contribution in [3.63, 3.8) is 0 Å². The molecule has 0 amide bonds. The van der Waals surface area contributed by atoms with Gasteiger partial charge in [0, 0.05) is 44.4 Å². The summed E-state index contributed by atoms with van der Waals surface area (Å²) in [5.74, 6) is 1.21. The first kappa shape index (κ1) is 33.0. The first-order valence-corrected chi connectivity index (χ1v) is 18.6. The molecule has 0 fully saturated rings. The molecule has 8 nitrogen and oxygen atoms in total. The molecule has 0 saturated carbocycles. The molecule has 0 saturated heterocycles. The zero-order valence-electron chi connectivity index (χ0n) is 38.6. The van der Waals surface area contributed by atoms with E-state index in [9.17, 15) is 0 Å². The number of fused-ring (bicyclic) bond motifs is 4. The van der Waals surface area contributed by atoms with Gasteiger partial charge in [-0.1, -0.05) is 77.9 Å². The first-order chi connectivity index (χ1) is 28.9. The van der Waals surface area contributed by atoms with Gasteiger partial charge in [0.2, 0.25) is 0 Å². The van der Waals surface area contributed by atoms with Crippen molar-refractivity contribution in [1.82, 2.24) is 19.9 Å². The van der Waals surface area contributed by atoms with Crippen molar-refractivity contribution in [1.29, 1.82) is 0 Å². The number of pyridine rings is 3. The molecule has 288 valence electrons. The summed E-state index contributed by atoms with van der Waals surface area (Å²) in [6.45, 7) is 12.9. The van der Waals surface area contributed by atoms with Crippen LogP contribution in [0.15, 0.2) is 104 Å². The van der Waals surface area contributed by atoms with Gasteiger partial charge < -0.3 is 25.0 Å². The third kappa shape index (κ3) is 8.31. The summed E-state index contributed by atoms with van der Waals surface area (Å²) < 4.78 is 49.4. The van der Waals surface area contributed by atoms with Gasteiger partial charge in [-0.2, -0.15) is 13.3 Å². The maximum atomic E-state index is 8.28. The van der Waals surface area contributed by atoms with Crippen LogP contribution in [0.4, 0.5) is 28.6 Å². The van der Waals surface area contributed by atoms with Gasteiger partial charge >= 0.3 is 21.1 Å². The molecule has 56 heavy (non-hydrogen) atoms. The van der Waals surface area contributed by atoms with Gasteiger partial charge in [-0.25, -0.2) is 4.98 Å². The monoisotopic (exact) mass is 927 g/mol. The molecule has 9 heteroatoms. The van der Waals surface area contributed by atoms with Gasteiger partial charge in [-0.15, -0.1) is 46.2 Å². The van der Waals surface area contributed by atoms with E-state index in [0.29, 0.717) is 40.2 Å². The summed E-state index contributed by atoms with van der Waals surface area (Å²) in [5.41, 5.74) is 10.1. The second-order valence-corrected chi connectivity index (χ2v) is 14.7. The minimum Gasteiger partial charge on any atom is -0.656 e. The second-order valence-electron chi connectivity index (χ2n) is 14.7. The molecule has 1 aliphatic heterocycles. The number of aryl methyl sites for hydroxylation is 1. The average Bonchev–Trinajstić information content (AvgIpc) is 3.80. The Hall–Kier alpha value is -5.20. The number of benzene rings is 3. The summed E-state index contributed by atoms with van der Waals surface area (Å²) >= 11 is 0. The van der Waals surface area contributed by atoms with E-state index >= 15 is 0 Å². The second kappa shape index (κ2) is 17.3. The van der Waals surface area contributed by atoms with E-state index in [2.05, 4.69) is 91.1 Å². The number of hydrogen-bond donors (Lipinski definition) is 1. The minimum atomic E-state index is -2.50. The third-order valence-corrected chi connectivity index (χ3v) is 9.84. The van der Waals surface area contributed by atoms with Gasteiger partial charge in [0.1, 0.15) is 5.82 Å². The SMILES string of the molecule is [2H]C([2H])([2H])N([CH-]Nc1[c-]c(N2[CH-]N(C([2H])([2H])[2H])c3cccnc32)cc(-c2c(C(C)C)cc(C(C)C)cc2C(C)C)c1)c1cccnc1C.[Pt+4].c1ccc2c(c1)[n-]c1cnccc12. The van der Waals surface area contributed by atoms with Crippen LogP contribution in [0.1, 0.15) is 89.9 Å². The predicted molar refractivity (Wildman–Crippen MR) is 230 cm³/mol. The Morgan fingerprint density at radius 1 is 0.839 bits per heavy atom. The molecule has 1 N–H and O–H groups in total. The Morgan fingerprint density at radius 3 is 2.29 bits per heavy atom. The fourth-order valence-electron chi connectivity index (χ4n) is 6.93. The van der Waals surface area contributed by atoms with E-state index < -0.39 is 14.0 Å². The topological polar surface area (TPSA) is 74.5 Å². The molecule has 0 atom stereocenters. The maximum Gasteiger partial charge on any atom is 4.00 e. The van der Waals surface area contributed by atoms with Crippen molar-refractivity contribution in [3.8, 4) is 11.1 Å². The smallest absolute Gasteiger partial charge is 0.656 e. The van der Waals surface area contributed by atoms with Crippen LogP contribution in [0.3, 0.4) is 0 Å². The Morgan fingerprint density at radius 2 is 1.57 bits per heavy atom. The van der Waals surface area contributed by atoms with Gasteiger partial charge in [-0.3, -0.25) is 9.97 Å². The van der Waals surface area contributed by atoms with E-state index in [1.165, 1.54) is 50.6 Å². The fourth-order valence-corrected chi connectivity index (χ4v) is 6.93. The quantitative estimate of drug-likeness (QED) is 0.144. The van der Waals surface area contributed by atoms with Crippen LogP contribution in [0.5, 0.6) is 0 Å². The van der Waals surface area contributed by atoms with Gasteiger partial charge in [0.25, 0.3) is 0 Å². The summed E-state index contributed by atoms with van der Waals surface area (Å²) in [6.07, 6.45) is 6.85. The molecule has 1 aliphatic rings. The molecule has 0 unspecified atom stereocenters. The van der Waals surface area contributed by atoms with Crippen molar-refractivity contribution in [2.24, 2.45) is 0 Å². The van der Waals surface area contributed by atoms with Crippen LogP contribution in [0.25, 0.3) is 32.9 Å². The number of nitrogens with one attached hydrogen (secondary N) is 1. The zero-order valence-corrected chi connectivity index (χ0v) is 34.9. The van der Waals surface area contributed by atoms with Crippen molar-refractivity contribution >= 4 is 50.4 Å². The number of para-hydroxylation sites is 1. The molecule has 7 aromatic rings. The first-order valence-electron chi connectivity index (χ1n) is 21.6. The van der Waals surface area contributed by atoms with Crippen molar-refractivity contribution in [2.45, 2.75) is 66.2 Å². The molecule has 5 heterocycles. The van der Waals surface area contributed by atoms with Crippen LogP contribution in [-0.4, -0.2) is 28.9 Å². The predicted octanol–water partition coefficient (Wildman–Crippen LogP) is 11.3. The molecule has 0 radical (unpaired) electrons. The summed E-state index contributed by atoms with van der Waals surface area (Å²) in [6, 6.07) is 28.9. The molecule has 0 aliphatic carbocycles. The molecule has 0 bridgehead atoms. The van der Waals surface area contributed by atoms with Crippen molar-refractivity contribution < 1.29 is 29.3 Å². The molecule has 4 aromatic heterocycles. The van der Waals surface area contributed by atoms with E-state index in [0.717, 1.165) is 22.2 Å². The van der Waals surface area contributed by atoms with Gasteiger partial charge in [-0.05, 0) is 102 Å².